The molecule has 98 valence electrons. The molecule has 0 aromatic rings. The van der Waals surface area contributed by atoms with Crippen molar-refractivity contribution in [3.8, 4) is 0 Å². The Morgan fingerprint density at radius 1 is 1.35 bits per heavy atom. The molecule has 0 spiro atoms. The van der Waals surface area contributed by atoms with E-state index in [4.69, 9.17) is 5.73 Å². The molecule has 1 rings (SSSR count). The molecule has 3 N–H and O–H groups in total. The minimum Gasteiger partial charge on any atom is -0.347 e. The molecule has 0 saturated carbocycles. The van der Waals surface area contributed by atoms with Crippen LogP contribution in [0.25, 0.3) is 0 Å². The highest BCUT2D eigenvalue weighted by Gasteiger charge is 2.24. The lowest BCUT2D eigenvalue weighted by Gasteiger charge is -2.19. The number of nitrogens with two attached hydrogens (primary N) is 1. The van der Waals surface area contributed by atoms with Gasteiger partial charge in [-0.1, -0.05) is 13.3 Å². The second-order valence-corrected chi connectivity index (χ2v) is 4.54. The highest BCUT2D eigenvalue weighted by Crippen LogP contribution is 2.20. The van der Waals surface area contributed by atoms with E-state index in [1.807, 2.05) is 0 Å². The summed E-state index contributed by atoms with van der Waals surface area (Å²) in [6, 6.07) is 0. The van der Waals surface area contributed by atoms with Gasteiger partial charge in [0.05, 0.1) is 0 Å². The van der Waals surface area contributed by atoms with Gasteiger partial charge in [0, 0.05) is 26.2 Å². The molecule has 1 aliphatic heterocycles. The van der Waals surface area contributed by atoms with Crippen LogP contribution in [0, 0.1) is 5.92 Å². The average Bonchev–Trinajstić information content (AvgIpc) is 2.60. The van der Waals surface area contributed by atoms with Crippen molar-refractivity contribution in [3.63, 3.8) is 0 Å². The van der Waals surface area contributed by atoms with Gasteiger partial charge in [-0.25, -0.2) is 0 Å². The van der Waals surface area contributed by atoms with Gasteiger partial charge in [0.15, 0.2) is 0 Å². The maximum Gasteiger partial charge on any atom is 0.311 e. The SMILES string of the molecule is CCC1CCCN(C(=O)C(=O)NCCN)CC1. The Kier molecular flexibility index (Phi) is 5.97. The summed E-state index contributed by atoms with van der Waals surface area (Å²) in [5.41, 5.74) is 5.28. The molecular formula is C12H23N3O2. The highest BCUT2D eigenvalue weighted by molar-refractivity contribution is 6.35. The van der Waals surface area contributed by atoms with Gasteiger partial charge in [-0.3, -0.25) is 9.59 Å². The van der Waals surface area contributed by atoms with Crippen LogP contribution < -0.4 is 11.1 Å². The smallest absolute Gasteiger partial charge is 0.311 e. The molecule has 1 heterocycles. The summed E-state index contributed by atoms with van der Waals surface area (Å²) < 4.78 is 0. The topological polar surface area (TPSA) is 75.4 Å². The van der Waals surface area contributed by atoms with Gasteiger partial charge in [0.2, 0.25) is 0 Å². The zero-order valence-electron chi connectivity index (χ0n) is 10.6. The van der Waals surface area contributed by atoms with E-state index in [0.29, 0.717) is 32.1 Å². The first kappa shape index (κ1) is 14.0. The van der Waals surface area contributed by atoms with Crippen molar-refractivity contribution in [1.82, 2.24) is 10.2 Å². The first-order valence-electron chi connectivity index (χ1n) is 6.46. The van der Waals surface area contributed by atoms with E-state index in [0.717, 1.165) is 25.7 Å². The molecule has 0 aliphatic carbocycles. The van der Waals surface area contributed by atoms with Crippen molar-refractivity contribution in [3.05, 3.63) is 0 Å². The van der Waals surface area contributed by atoms with Crippen LogP contribution in [-0.2, 0) is 9.59 Å². The quantitative estimate of drug-likeness (QED) is 0.688. The number of rotatable bonds is 3. The molecule has 0 aromatic carbocycles. The zero-order valence-corrected chi connectivity index (χ0v) is 10.6. The predicted octanol–water partition coefficient (Wildman–Crippen LogP) is 0.100. The molecule has 1 unspecified atom stereocenters. The first-order chi connectivity index (χ1) is 8.19. The van der Waals surface area contributed by atoms with Crippen molar-refractivity contribution >= 4 is 11.8 Å². The van der Waals surface area contributed by atoms with Crippen LogP contribution >= 0.6 is 0 Å². The van der Waals surface area contributed by atoms with E-state index in [2.05, 4.69) is 12.2 Å². The summed E-state index contributed by atoms with van der Waals surface area (Å²) in [4.78, 5) is 25.0. The van der Waals surface area contributed by atoms with Crippen LogP contribution in [0.15, 0.2) is 0 Å². The van der Waals surface area contributed by atoms with Gasteiger partial charge < -0.3 is 16.0 Å². The Labute approximate surface area is 103 Å². The average molecular weight is 241 g/mol. The molecule has 0 bridgehead atoms. The predicted molar refractivity (Wildman–Crippen MR) is 66.3 cm³/mol. The number of carbonyl (C=O) groups excluding carboxylic acids is 2. The van der Waals surface area contributed by atoms with Crippen LogP contribution in [0.5, 0.6) is 0 Å². The van der Waals surface area contributed by atoms with E-state index < -0.39 is 11.8 Å². The van der Waals surface area contributed by atoms with E-state index >= 15 is 0 Å². The lowest BCUT2D eigenvalue weighted by Crippen LogP contribution is -2.44. The Morgan fingerprint density at radius 2 is 2.12 bits per heavy atom. The first-order valence-corrected chi connectivity index (χ1v) is 6.46. The Hall–Kier alpha value is -1.10. The minimum absolute atomic E-state index is 0.357. The molecule has 5 heteroatoms. The standard InChI is InChI=1S/C12H23N3O2/c1-2-10-4-3-8-15(9-5-10)12(17)11(16)14-7-6-13/h10H,2-9,13H2,1H3,(H,14,16). The second kappa shape index (κ2) is 7.27. The third kappa shape index (κ3) is 4.34. The van der Waals surface area contributed by atoms with Crippen molar-refractivity contribution in [2.45, 2.75) is 32.6 Å². The molecule has 1 atom stereocenters. The van der Waals surface area contributed by atoms with Gasteiger partial charge in [-0.2, -0.15) is 0 Å². The fourth-order valence-electron chi connectivity index (χ4n) is 2.18. The van der Waals surface area contributed by atoms with E-state index in [-0.39, 0.29) is 0 Å². The number of carbonyl (C=O) groups is 2. The molecular weight excluding hydrogens is 218 g/mol. The van der Waals surface area contributed by atoms with Crippen molar-refractivity contribution in [2.75, 3.05) is 26.2 Å². The second-order valence-electron chi connectivity index (χ2n) is 4.54. The minimum atomic E-state index is -0.523. The number of likely N-dealkylation sites (tertiary alicyclic amines) is 1. The summed E-state index contributed by atoms with van der Waals surface area (Å²) in [5, 5.41) is 2.52. The Balaban J connectivity index is 2.43. The van der Waals surface area contributed by atoms with Gasteiger partial charge in [-0.15, -0.1) is 0 Å². The van der Waals surface area contributed by atoms with Gasteiger partial charge in [0.25, 0.3) is 0 Å². The summed E-state index contributed by atoms with van der Waals surface area (Å²) >= 11 is 0. The third-order valence-electron chi connectivity index (χ3n) is 3.34. The van der Waals surface area contributed by atoms with Gasteiger partial charge >= 0.3 is 11.8 Å². The number of nitrogens with one attached hydrogen (secondary N) is 1. The van der Waals surface area contributed by atoms with Gasteiger partial charge in [0.1, 0.15) is 0 Å². The highest BCUT2D eigenvalue weighted by atomic mass is 16.2. The number of amides is 2. The fraction of sp³-hybridized carbons (Fsp3) is 0.833. The van der Waals surface area contributed by atoms with E-state index in [1.165, 1.54) is 0 Å². The molecule has 1 aliphatic rings. The molecule has 1 saturated heterocycles. The number of hydrogen-bond donors (Lipinski definition) is 2. The zero-order chi connectivity index (χ0) is 12.7. The lowest BCUT2D eigenvalue weighted by molar-refractivity contribution is -0.145. The molecule has 17 heavy (non-hydrogen) atoms. The number of nitrogens with zero attached hydrogens (tertiary/aromatic N) is 1. The Bertz CT molecular complexity index is 268. The lowest BCUT2D eigenvalue weighted by atomic mass is 9.98. The fourth-order valence-corrected chi connectivity index (χ4v) is 2.18. The summed E-state index contributed by atoms with van der Waals surface area (Å²) in [6.07, 6.45) is 4.31. The normalized spacial score (nSPS) is 20.8. The largest absolute Gasteiger partial charge is 0.347 e. The van der Waals surface area contributed by atoms with Crippen molar-refractivity contribution in [2.24, 2.45) is 11.7 Å². The molecule has 5 nitrogen and oxygen atoms in total. The van der Waals surface area contributed by atoms with E-state index in [1.54, 1.807) is 4.90 Å². The third-order valence-corrected chi connectivity index (χ3v) is 3.34. The van der Waals surface area contributed by atoms with Crippen LogP contribution in [0.3, 0.4) is 0 Å². The molecule has 0 aromatic heterocycles. The molecule has 2 amide bonds. The van der Waals surface area contributed by atoms with Crippen LogP contribution in [0.2, 0.25) is 0 Å². The summed E-state index contributed by atoms with van der Waals surface area (Å²) in [5.74, 6) is -0.236. The van der Waals surface area contributed by atoms with Crippen LogP contribution in [0.1, 0.15) is 32.6 Å². The maximum absolute atomic E-state index is 11.8. The summed E-state index contributed by atoms with van der Waals surface area (Å²) in [7, 11) is 0. The Morgan fingerprint density at radius 3 is 2.76 bits per heavy atom. The van der Waals surface area contributed by atoms with Gasteiger partial charge in [-0.05, 0) is 25.2 Å². The van der Waals surface area contributed by atoms with Crippen LogP contribution in [-0.4, -0.2) is 42.9 Å². The monoisotopic (exact) mass is 241 g/mol. The molecule has 1 fully saturated rings. The summed E-state index contributed by atoms with van der Waals surface area (Å²) in [6.45, 7) is 4.29. The van der Waals surface area contributed by atoms with Crippen molar-refractivity contribution < 1.29 is 9.59 Å². The van der Waals surface area contributed by atoms with Crippen molar-refractivity contribution in [1.29, 1.82) is 0 Å². The van der Waals surface area contributed by atoms with Crippen LogP contribution in [0.4, 0.5) is 0 Å². The molecule has 0 radical (unpaired) electrons. The number of hydrogen-bond acceptors (Lipinski definition) is 3. The maximum atomic E-state index is 11.8. The van der Waals surface area contributed by atoms with E-state index in [9.17, 15) is 9.59 Å².